The zero-order valence-electron chi connectivity index (χ0n) is 44.8. The van der Waals surface area contributed by atoms with Crippen molar-refractivity contribution >= 4 is 17.9 Å². The fourth-order valence-corrected chi connectivity index (χ4v) is 7.55. The zero-order valence-corrected chi connectivity index (χ0v) is 44.8. The normalized spacial score (nSPS) is 12.9. The van der Waals surface area contributed by atoms with Gasteiger partial charge in [0.25, 0.3) is 0 Å². The number of carbonyl (C=O) groups excluding carboxylic acids is 3. The Morgan fingerprint density at radius 2 is 0.580 bits per heavy atom. The van der Waals surface area contributed by atoms with Gasteiger partial charge in [-0.05, 0) is 116 Å². The van der Waals surface area contributed by atoms with Crippen LogP contribution in [0.3, 0.4) is 0 Å². The number of ether oxygens (including phenoxy) is 3. The maximum absolute atomic E-state index is 12.8. The van der Waals surface area contributed by atoms with Crippen LogP contribution in [-0.2, 0) is 28.6 Å². The molecule has 0 aliphatic heterocycles. The van der Waals surface area contributed by atoms with Crippen LogP contribution in [0.4, 0.5) is 0 Å². The minimum absolute atomic E-state index is 0.109. The molecular weight excluding hydrogens is 853 g/mol. The molecule has 0 heterocycles. The van der Waals surface area contributed by atoms with Crippen molar-refractivity contribution in [3.63, 3.8) is 0 Å². The van der Waals surface area contributed by atoms with Crippen molar-refractivity contribution in [1.82, 2.24) is 0 Å². The Morgan fingerprint density at radius 1 is 0.304 bits per heavy atom. The average Bonchev–Trinajstić information content (AvgIpc) is 3.35. The lowest BCUT2D eigenvalue weighted by atomic mass is 10.1. The number of unbranched alkanes of at least 4 members (excludes halogenated alkanes) is 21. The molecule has 0 amide bonds. The molecule has 0 aromatic rings. The van der Waals surface area contributed by atoms with Gasteiger partial charge in [-0.25, -0.2) is 0 Å². The maximum Gasteiger partial charge on any atom is 0.306 e. The Labute approximate surface area is 425 Å². The number of hydrogen-bond donors (Lipinski definition) is 0. The molecule has 0 fully saturated rings. The average molecular weight is 958 g/mol. The molecule has 0 aliphatic rings. The second-order valence-electron chi connectivity index (χ2n) is 18.4. The van der Waals surface area contributed by atoms with Gasteiger partial charge in [-0.15, -0.1) is 0 Å². The lowest BCUT2D eigenvalue weighted by Gasteiger charge is -2.18. The predicted octanol–water partition coefficient (Wildman–Crippen LogP) is 19.1. The third-order valence-corrected chi connectivity index (χ3v) is 11.7. The fraction of sp³-hybridized carbons (Fsp3) is 0.667. The third-order valence-electron chi connectivity index (χ3n) is 11.7. The van der Waals surface area contributed by atoms with E-state index in [9.17, 15) is 14.4 Å². The molecule has 0 radical (unpaired) electrons. The van der Waals surface area contributed by atoms with Gasteiger partial charge in [0.05, 0.1) is 0 Å². The van der Waals surface area contributed by atoms with Gasteiger partial charge in [0.2, 0.25) is 0 Å². The van der Waals surface area contributed by atoms with Crippen LogP contribution in [0.2, 0.25) is 0 Å². The van der Waals surface area contributed by atoms with Crippen LogP contribution in [0.5, 0.6) is 0 Å². The summed E-state index contributed by atoms with van der Waals surface area (Å²) < 4.78 is 16.8. The first-order valence-electron chi connectivity index (χ1n) is 28.4. The number of rotatable bonds is 50. The smallest absolute Gasteiger partial charge is 0.306 e. The van der Waals surface area contributed by atoms with Crippen LogP contribution in [-0.4, -0.2) is 37.2 Å². The molecular formula is C63H104O6. The molecule has 69 heavy (non-hydrogen) atoms. The van der Waals surface area contributed by atoms with E-state index >= 15 is 0 Å². The maximum atomic E-state index is 12.8. The Morgan fingerprint density at radius 3 is 0.942 bits per heavy atom. The van der Waals surface area contributed by atoms with E-state index in [1.807, 2.05) is 0 Å². The molecule has 392 valence electrons. The van der Waals surface area contributed by atoms with Gasteiger partial charge in [0.1, 0.15) is 13.2 Å². The van der Waals surface area contributed by atoms with Crippen LogP contribution in [0.1, 0.15) is 252 Å². The van der Waals surface area contributed by atoms with Crippen molar-refractivity contribution in [2.24, 2.45) is 0 Å². The summed E-state index contributed by atoms with van der Waals surface area (Å²) in [5, 5.41) is 0. The first kappa shape index (κ1) is 65.1. The molecule has 0 aromatic carbocycles. The summed E-state index contributed by atoms with van der Waals surface area (Å²) >= 11 is 0. The van der Waals surface area contributed by atoms with Gasteiger partial charge in [0.15, 0.2) is 6.10 Å². The minimum Gasteiger partial charge on any atom is -0.462 e. The highest BCUT2D eigenvalue weighted by molar-refractivity contribution is 5.71. The monoisotopic (exact) mass is 957 g/mol. The van der Waals surface area contributed by atoms with Crippen molar-refractivity contribution < 1.29 is 28.6 Å². The van der Waals surface area contributed by atoms with Crippen molar-refractivity contribution in [2.45, 2.75) is 258 Å². The summed E-state index contributed by atoms with van der Waals surface area (Å²) in [4.78, 5) is 38.1. The van der Waals surface area contributed by atoms with Crippen LogP contribution in [0, 0.1) is 0 Å². The summed E-state index contributed by atoms with van der Waals surface area (Å²) in [5.41, 5.74) is 0. The van der Waals surface area contributed by atoms with Gasteiger partial charge < -0.3 is 14.2 Å². The molecule has 0 N–H and O–H groups in total. The van der Waals surface area contributed by atoms with Gasteiger partial charge >= 0.3 is 17.9 Å². The van der Waals surface area contributed by atoms with Gasteiger partial charge in [-0.1, -0.05) is 226 Å². The highest BCUT2D eigenvalue weighted by Crippen LogP contribution is 2.14. The zero-order chi connectivity index (χ0) is 50.0. The number of allylic oxidation sites excluding steroid dienone is 18. The van der Waals surface area contributed by atoms with E-state index in [2.05, 4.69) is 130 Å². The highest BCUT2D eigenvalue weighted by Gasteiger charge is 2.19. The van der Waals surface area contributed by atoms with Gasteiger partial charge in [-0.2, -0.15) is 0 Å². The summed E-state index contributed by atoms with van der Waals surface area (Å²) in [6.07, 6.45) is 76.5. The Kier molecular flexibility index (Phi) is 53.4. The summed E-state index contributed by atoms with van der Waals surface area (Å²) in [7, 11) is 0. The molecule has 0 spiro atoms. The van der Waals surface area contributed by atoms with E-state index < -0.39 is 6.10 Å². The Balaban J connectivity index is 4.49. The van der Waals surface area contributed by atoms with Gasteiger partial charge in [-0.3, -0.25) is 14.4 Å². The highest BCUT2D eigenvalue weighted by atomic mass is 16.6. The molecule has 0 rings (SSSR count). The topological polar surface area (TPSA) is 78.9 Å². The lowest BCUT2D eigenvalue weighted by Crippen LogP contribution is -2.30. The van der Waals surface area contributed by atoms with E-state index in [0.717, 1.165) is 116 Å². The summed E-state index contributed by atoms with van der Waals surface area (Å²) in [6.45, 7) is 6.35. The first-order chi connectivity index (χ1) is 34.0. The van der Waals surface area contributed by atoms with Crippen molar-refractivity contribution in [1.29, 1.82) is 0 Å². The van der Waals surface area contributed by atoms with Gasteiger partial charge in [0, 0.05) is 19.3 Å². The molecule has 0 bridgehead atoms. The molecule has 1 atom stereocenters. The van der Waals surface area contributed by atoms with E-state index in [-0.39, 0.29) is 37.5 Å². The number of hydrogen-bond acceptors (Lipinski definition) is 6. The molecule has 6 heteroatoms. The van der Waals surface area contributed by atoms with E-state index in [4.69, 9.17) is 14.2 Å². The van der Waals surface area contributed by atoms with Crippen LogP contribution < -0.4 is 0 Å². The third kappa shape index (κ3) is 54.9. The first-order valence-corrected chi connectivity index (χ1v) is 28.4. The minimum atomic E-state index is -0.818. The predicted molar refractivity (Wildman–Crippen MR) is 297 cm³/mol. The lowest BCUT2D eigenvalue weighted by molar-refractivity contribution is -0.167. The van der Waals surface area contributed by atoms with E-state index in [0.29, 0.717) is 19.3 Å². The van der Waals surface area contributed by atoms with E-state index in [1.165, 1.54) is 89.9 Å². The SMILES string of the molecule is CC/C=C\C/C=C\C/C=C\C/C=C\C/C=C\CCCC(=O)OC(COC(=O)CCCCCCC/C=C\C/C=C\C/C=C\CC)COC(=O)CCCCCCCCCCC/C=C\CCCCCCCC. The Bertz CT molecular complexity index is 1420. The molecule has 0 saturated carbocycles. The molecule has 0 aromatic heterocycles. The van der Waals surface area contributed by atoms with Crippen LogP contribution >= 0.6 is 0 Å². The fourth-order valence-electron chi connectivity index (χ4n) is 7.55. The molecule has 0 saturated heterocycles. The summed E-state index contributed by atoms with van der Waals surface area (Å²) in [5.74, 6) is -0.987. The second-order valence-corrected chi connectivity index (χ2v) is 18.4. The number of esters is 3. The molecule has 1 unspecified atom stereocenters. The van der Waals surface area contributed by atoms with E-state index in [1.54, 1.807) is 0 Å². The largest absolute Gasteiger partial charge is 0.462 e. The van der Waals surface area contributed by atoms with Crippen LogP contribution in [0.15, 0.2) is 109 Å². The number of carbonyl (C=O) groups is 3. The second kappa shape index (κ2) is 56.7. The molecule has 6 nitrogen and oxygen atoms in total. The van der Waals surface area contributed by atoms with Crippen molar-refractivity contribution in [3.8, 4) is 0 Å². The quantitative estimate of drug-likeness (QED) is 0.0262. The standard InChI is InChI=1S/C63H104O6/c1-4-7-10-13-16-19-22-25-28-30-31-33-35-38-41-44-47-50-53-56-62(65)68-59-60(58-67-61(64)55-52-49-46-43-40-37-34-27-24-21-18-15-12-9-6-3)69-63(66)57-54-51-48-45-42-39-36-32-29-26-23-20-17-14-11-8-5-2/h8-9,11-12,17-18,20-21,25-29,34,36,39,45,48,60H,4-7,10,13-16,19,22-24,30-33,35,37-38,40-44,46-47,49-59H2,1-3H3/b11-8-,12-9-,20-17-,21-18-,28-25-,29-26-,34-27-,39-36-,48-45-. The van der Waals surface area contributed by atoms with Crippen LogP contribution in [0.25, 0.3) is 0 Å². The van der Waals surface area contributed by atoms with Crippen molar-refractivity contribution in [3.05, 3.63) is 109 Å². The molecule has 0 aliphatic carbocycles. The van der Waals surface area contributed by atoms with Crippen molar-refractivity contribution in [2.75, 3.05) is 13.2 Å². The summed E-state index contributed by atoms with van der Waals surface area (Å²) in [6, 6.07) is 0. The Hall–Kier alpha value is -3.93.